The maximum atomic E-state index is 11.9. The van der Waals surface area contributed by atoms with Crippen LogP contribution < -0.4 is 11.1 Å². The number of nitrogens with one attached hydrogen (secondary N) is 1. The lowest BCUT2D eigenvalue weighted by Gasteiger charge is -2.04. The molecule has 3 N–H and O–H groups in total. The number of nitrogen functional groups attached to an aromatic ring is 1. The molecule has 2 rings (SSSR count). The molecular weight excluding hydrogens is 292 g/mol. The van der Waals surface area contributed by atoms with Crippen LogP contribution >= 0.6 is 0 Å². The van der Waals surface area contributed by atoms with Gasteiger partial charge in [0, 0.05) is 24.2 Å². The molecule has 0 aliphatic heterocycles. The second-order valence-corrected chi connectivity index (χ2v) is 6.68. The smallest absolute Gasteiger partial charge is 0.253 e. The van der Waals surface area contributed by atoms with E-state index in [4.69, 9.17) is 5.73 Å². The largest absolute Gasteiger partial charge is 0.382 e. The molecule has 114 valence electrons. The summed E-state index contributed by atoms with van der Waals surface area (Å²) in [5.74, 6) is 0.456. The van der Waals surface area contributed by atoms with Gasteiger partial charge in [0.05, 0.1) is 0 Å². The molecule has 0 amide bonds. The predicted octanol–water partition coefficient (Wildman–Crippen LogP) is 0.697. The normalized spacial score (nSPS) is 11.6. The molecule has 2 aromatic rings. The van der Waals surface area contributed by atoms with Crippen molar-refractivity contribution in [1.82, 2.24) is 19.7 Å². The molecule has 0 spiro atoms. The molecule has 0 fully saturated rings. The number of rotatable bonds is 4. The summed E-state index contributed by atoms with van der Waals surface area (Å²) >= 11 is 0. The van der Waals surface area contributed by atoms with Crippen molar-refractivity contribution in [2.45, 2.75) is 25.7 Å². The Bertz CT molecular complexity index is 761. The molecule has 0 aliphatic carbocycles. The van der Waals surface area contributed by atoms with Crippen molar-refractivity contribution in [1.29, 1.82) is 0 Å². The fourth-order valence-corrected chi connectivity index (χ4v) is 2.95. The van der Waals surface area contributed by atoms with Crippen molar-refractivity contribution >= 4 is 21.5 Å². The van der Waals surface area contributed by atoms with Crippen LogP contribution in [0.1, 0.15) is 18.3 Å². The fourth-order valence-electron chi connectivity index (χ4n) is 2.02. The van der Waals surface area contributed by atoms with Crippen LogP contribution in [0.2, 0.25) is 0 Å². The van der Waals surface area contributed by atoms with E-state index in [2.05, 4.69) is 20.4 Å². The SMILES string of the molecule is CCNc1nn(-c2nc(C)cc(C)n2)c(N)c1S(C)(=O)=O. The van der Waals surface area contributed by atoms with Crippen LogP contribution in [0, 0.1) is 13.8 Å². The number of hydrogen-bond acceptors (Lipinski definition) is 7. The van der Waals surface area contributed by atoms with Crippen molar-refractivity contribution in [3.05, 3.63) is 17.5 Å². The predicted molar refractivity (Wildman–Crippen MR) is 80.3 cm³/mol. The molecule has 0 saturated heterocycles. The minimum absolute atomic E-state index is 0.00144. The first-order valence-electron chi connectivity index (χ1n) is 6.39. The maximum Gasteiger partial charge on any atom is 0.253 e. The van der Waals surface area contributed by atoms with Crippen LogP contribution in [-0.2, 0) is 9.84 Å². The van der Waals surface area contributed by atoms with Gasteiger partial charge < -0.3 is 11.1 Å². The van der Waals surface area contributed by atoms with Crippen LogP contribution in [0.15, 0.2) is 11.0 Å². The van der Waals surface area contributed by atoms with E-state index in [0.29, 0.717) is 6.54 Å². The van der Waals surface area contributed by atoms with Crippen LogP contribution in [0.25, 0.3) is 5.95 Å². The van der Waals surface area contributed by atoms with Crippen molar-refractivity contribution in [2.75, 3.05) is 23.9 Å². The van der Waals surface area contributed by atoms with Crippen LogP contribution in [-0.4, -0.2) is 41.0 Å². The Morgan fingerprint density at radius 2 is 1.86 bits per heavy atom. The highest BCUT2D eigenvalue weighted by Gasteiger charge is 2.25. The number of hydrogen-bond donors (Lipinski definition) is 2. The lowest BCUT2D eigenvalue weighted by atomic mass is 10.4. The summed E-state index contributed by atoms with van der Waals surface area (Å²) in [6, 6.07) is 1.81. The molecule has 0 atom stereocenters. The van der Waals surface area contributed by atoms with Gasteiger partial charge in [-0.1, -0.05) is 0 Å². The third kappa shape index (κ3) is 2.97. The van der Waals surface area contributed by atoms with E-state index in [1.54, 1.807) is 0 Å². The first-order valence-corrected chi connectivity index (χ1v) is 8.28. The molecule has 9 heteroatoms. The van der Waals surface area contributed by atoms with Crippen molar-refractivity contribution in [3.63, 3.8) is 0 Å². The minimum atomic E-state index is -3.52. The summed E-state index contributed by atoms with van der Waals surface area (Å²) in [6.07, 6.45) is 1.09. The molecule has 2 aromatic heterocycles. The second-order valence-electron chi connectivity index (χ2n) is 4.73. The molecule has 21 heavy (non-hydrogen) atoms. The van der Waals surface area contributed by atoms with Gasteiger partial charge in [-0.25, -0.2) is 18.4 Å². The number of anilines is 2. The number of aryl methyl sites for hydroxylation is 2. The zero-order valence-electron chi connectivity index (χ0n) is 12.4. The molecule has 0 saturated carbocycles. The lowest BCUT2D eigenvalue weighted by Crippen LogP contribution is -2.09. The molecule has 0 unspecified atom stereocenters. The molecule has 0 aromatic carbocycles. The van der Waals surface area contributed by atoms with E-state index in [1.807, 2.05) is 26.8 Å². The average Bonchev–Trinajstić information content (AvgIpc) is 2.65. The van der Waals surface area contributed by atoms with Gasteiger partial charge in [-0.2, -0.15) is 4.68 Å². The molecule has 0 bridgehead atoms. The quantitative estimate of drug-likeness (QED) is 0.853. The van der Waals surface area contributed by atoms with Gasteiger partial charge in [-0.15, -0.1) is 5.10 Å². The van der Waals surface area contributed by atoms with E-state index in [0.717, 1.165) is 17.6 Å². The summed E-state index contributed by atoms with van der Waals surface area (Å²) < 4.78 is 25.1. The Morgan fingerprint density at radius 1 is 1.29 bits per heavy atom. The molecule has 0 aliphatic rings. The first-order chi connectivity index (χ1) is 9.74. The minimum Gasteiger partial charge on any atom is -0.382 e. The standard InChI is InChI=1S/C12H18N6O2S/c1-5-14-11-9(21(4,19)20)10(13)18(17-11)12-15-7(2)6-8(3)16-12/h6H,5,13H2,1-4H3,(H,14,17). The zero-order valence-corrected chi connectivity index (χ0v) is 13.2. The van der Waals surface area contributed by atoms with Crippen LogP contribution in [0.3, 0.4) is 0 Å². The summed E-state index contributed by atoms with van der Waals surface area (Å²) in [5.41, 5.74) is 7.45. The number of nitrogens with two attached hydrogens (primary N) is 1. The molecule has 2 heterocycles. The van der Waals surface area contributed by atoms with Gasteiger partial charge in [0.25, 0.3) is 5.95 Å². The van der Waals surface area contributed by atoms with Gasteiger partial charge in [0.1, 0.15) is 0 Å². The summed E-state index contributed by atoms with van der Waals surface area (Å²) in [7, 11) is -3.52. The number of sulfone groups is 1. The zero-order chi connectivity index (χ0) is 15.8. The Kier molecular flexibility index (Phi) is 3.86. The maximum absolute atomic E-state index is 11.9. The van der Waals surface area contributed by atoms with Gasteiger partial charge in [0.2, 0.25) is 0 Å². The summed E-state index contributed by atoms with van der Waals surface area (Å²) in [5, 5.41) is 7.09. The van der Waals surface area contributed by atoms with Crippen molar-refractivity contribution < 1.29 is 8.42 Å². The highest BCUT2D eigenvalue weighted by Crippen LogP contribution is 2.28. The van der Waals surface area contributed by atoms with Gasteiger partial charge >= 0.3 is 0 Å². The monoisotopic (exact) mass is 310 g/mol. The van der Waals surface area contributed by atoms with Crippen molar-refractivity contribution in [3.8, 4) is 5.95 Å². The van der Waals surface area contributed by atoms with E-state index in [9.17, 15) is 8.42 Å². The molecular formula is C12H18N6O2S. The van der Waals surface area contributed by atoms with Crippen molar-refractivity contribution in [2.24, 2.45) is 0 Å². The first kappa shape index (κ1) is 15.2. The Balaban J connectivity index is 2.71. The van der Waals surface area contributed by atoms with E-state index in [1.165, 1.54) is 4.68 Å². The van der Waals surface area contributed by atoms with E-state index >= 15 is 0 Å². The van der Waals surface area contributed by atoms with E-state index < -0.39 is 9.84 Å². The summed E-state index contributed by atoms with van der Waals surface area (Å²) in [6.45, 7) is 6.00. The Morgan fingerprint density at radius 3 is 2.33 bits per heavy atom. The number of nitrogens with zero attached hydrogens (tertiary/aromatic N) is 4. The Labute approximate surface area is 123 Å². The average molecular weight is 310 g/mol. The highest BCUT2D eigenvalue weighted by atomic mass is 32.2. The lowest BCUT2D eigenvalue weighted by molar-refractivity contribution is 0.602. The van der Waals surface area contributed by atoms with Gasteiger partial charge in [-0.3, -0.25) is 0 Å². The Hall–Kier alpha value is -2.16. The van der Waals surface area contributed by atoms with Crippen LogP contribution in [0.5, 0.6) is 0 Å². The van der Waals surface area contributed by atoms with E-state index in [-0.39, 0.29) is 22.5 Å². The summed E-state index contributed by atoms with van der Waals surface area (Å²) in [4.78, 5) is 8.46. The van der Waals surface area contributed by atoms with Gasteiger partial charge in [-0.05, 0) is 26.8 Å². The fraction of sp³-hybridized carbons (Fsp3) is 0.417. The van der Waals surface area contributed by atoms with Gasteiger partial charge in [0.15, 0.2) is 26.4 Å². The number of aromatic nitrogens is 4. The molecule has 8 nitrogen and oxygen atoms in total. The second kappa shape index (κ2) is 5.32. The van der Waals surface area contributed by atoms with Crippen LogP contribution in [0.4, 0.5) is 11.6 Å². The third-order valence-corrected chi connectivity index (χ3v) is 3.89. The highest BCUT2D eigenvalue weighted by molar-refractivity contribution is 7.91. The topological polar surface area (TPSA) is 116 Å². The third-order valence-electron chi connectivity index (χ3n) is 2.75. The molecule has 0 radical (unpaired) electrons.